The molecule has 0 saturated carbocycles. The van der Waals surface area contributed by atoms with Gasteiger partial charge in [0.05, 0.1) is 24.5 Å². The molecule has 0 aliphatic heterocycles. The molecule has 1 unspecified atom stereocenters. The molecule has 2 aromatic carbocycles. The number of ether oxygens (including phenoxy) is 1. The van der Waals surface area contributed by atoms with Gasteiger partial charge >= 0.3 is 5.97 Å². The van der Waals surface area contributed by atoms with E-state index in [-0.39, 0.29) is 30.6 Å². The smallest absolute Gasteiger partial charge is 0.307 e. The number of benzene rings is 2. The van der Waals surface area contributed by atoms with E-state index in [4.69, 9.17) is 0 Å². The van der Waals surface area contributed by atoms with E-state index in [1.807, 2.05) is 37.3 Å². The van der Waals surface area contributed by atoms with Gasteiger partial charge in [-0.1, -0.05) is 30.3 Å². The highest BCUT2D eigenvalue weighted by atomic mass is 16.6. The third-order valence-corrected chi connectivity index (χ3v) is 4.34. The fourth-order valence-electron chi connectivity index (χ4n) is 2.69. The van der Waals surface area contributed by atoms with Gasteiger partial charge < -0.3 is 9.64 Å². The lowest BCUT2D eigenvalue weighted by Gasteiger charge is -2.28. The molecule has 2 rings (SSSR count). The van der Waals surface area contributed by atoms with Crippen LogP contribution in [0.15, 0.2) is 60.7 Å². The lowest BCUT2D eigenvalue weighted by Crippen LogP contribution is -2.34. The van der Waals surface area contributed by atoms with Crippen molar-refractivity contribution in [1.82, 2.24) is 4.90 Å². The molecule has 0 aromatic heterocycles. The van der Waals surface area contributed by atoms with Gasteiger partial charge in [0, 0.05) is 24.8 Å². The maximum atomic E-state index is 12.8. The molecule has 0 saturated heterocycles. The average Bonchev–Trinajstić information content (AvgIpc) is 2.72. The molecule has 28 heavy (non-hydrogen) atoms. The van der Waals surface area contributed by atoms with Crippen LogP contribution in [0.4, 0.5) is 5.69 Å². The van der Waals surface area contributed by atoms with E-state index in [0.717, 1.165) is 5.56 Å². The summed E-state index contributed by atoms with van der Waals surface area (Å²) in [6.45, 7) is 2.11. The maximum Gasteiger partial charge on any atom is 0.307 e. The number of hydrogen-bond donors (Lipinski definition) is 0. The number of nitro benzene ring substituents is 1. The molecule has 2 aromatic rings. The van der Waals surface area contributed by atoms with E-state index in [2.05, 4.69) is 4.74 Å². The lowest BCUT2D eigenvalue weighted by molar-refractivity contribution is -0.384. The van der Waals surface area contributed by atoms with Gasteiger partial charge in [-0.2, -0.15) is 0 Å². The quantitative estimate of drug-likeness (QED) is 0.300. The van der Waals surface area contributed by atoms with Gasteiger partial charge in [-0.3, -0.25) is 19.7 Å². The predicted octanol–water partition coefficient (Wildman–Crippen LogP) is 3.76. The molecule has 0 heterocycles. The second-order valence-corrected chi connectivity index (χ2v) is 6.13. The molecule has 0 aliphatic rings. The van der Waals surface area contributed by atoms with Gasteiger partial charge in [0.1, 0.15) is 0 Å². The number of nitro groups is 1. The van der Waals surface area contributed by atoms with E-state index in [9.17, 15) is 19.7 Å². The average molecular weight is 382 g/mol. The first-order valence-electron chi connectivity index (χ1n) is 8.77. The van der Waals surface area contributed by atoms with Crippen LogP contribution < -0.4 is 0 Å². The van der Waals surface area contributed by atoms with Crippen LogP contribution in [0.2, 0.25) is 0 Å². The highest BCUT2D eigenvalue weighted by Gasteiger charge is 2.20. The molecule has 7 nitrogen and oxygen atoms in total. The Morgan fingerprint density at radius 1 is 1.14 bits per heavy atom. The second-order valence-electron chi connectivity index (χ2n) is 6.13. The maximum absolute atomic E-state index is 12.8. The fraction of sp³-hybridized carbons (Fsp3) is 0.238. The molecule has 0 spiro atoms. The van der Waals surface area contributed by atoms with Crippen LogP contribution >= 0.6 is 0 Å². The van der Waals surface area contributed by atoms with Crippen molar-refractivity contribution in [3.63, 3.8) is 0 Å². The molecular weight excluding hydrogens is 360 g/mol. The molecule has 0 N–H and O–H groups in total. The Morgan fingerprint density at radius 3 is 2.36 bits per heavy atom. The van der Waals surface area contributed by atoms with Gasteiger partial charge in [0.15, 0.2) is 0 Å². The van der Waals surface area contributed by atoms with Crippen molar-refractivity contribution in [2.45, 2.75) is 19.4 Å². The zero-order chi connectivity index (χ0) is 20.5. The number of methoxy groups -OCH3 is 1. The molecule has 1 amide bonds. The monoisotopic (exact) mass is 382 g/mol. The van der Waals surface area contributed by atoms with Gasteiger partial charge in [-0.05, 0) is 36.3 Å². The highest BCUT2D eigenvalue weighted by molar-refractivity contribution is 5.92. The first kappa shape index (κ1) is 20.8. The van der Waals surface area contributed by atoms with E-state index in [1.54, 1.807) is 23.1 Å². The molecule has 0 bridgehead atoms. The minimum Gasteiger partial charge on any atom is -0.469 e. The number of non-ortho nitro benzene ring substituents is 1. The molecule has 1 atom stereocenters. The molecule has 146 valence electrons. The van der Waals surface area contributed by atoms with Crippen molar-refractivity contribution in [2.24, 2.45) is 0 Å². The Morgan fingerprint density at radius 2 is 1.79 bits per heavy atom. The minimum atomic E-state index is -0.477. The Balaban J connectivity index is 2.17. The van der Waals surface area contributed by atoms with Crippen LogP contribution in [-0.2, 0) is 14.3 Å². The van der Waals surface area contributed by atoms with Crippen LogP contribution in [0.1, 0.15) is 30.5 Å². The fourth-order valence-corrected chi connectivity index (χ4v) is 2.69. The molecule has 0 fully saturated rings. The minimum absolute atomic E-state index is 0.0131. The van der Waals surface area contributed by atoms with Crippen LogP contribution in [0.5, 0.6) is 0 Å². The summed E-state index contributed by atoms with van der Waals surface area (Å²) in [5.74, 6) is -0.656. The van der Waals surface area contributed by atoms with Gasteiger partial charge in [0.2, 0.25) is 5.91 Å². The van der Waals surface area contributed by atoms with Gasteiger partial charge in [0.25, 0.3) is 5.69 Å². The van der Waals surface area contributed by atoms with Crippen molar-refractivity contribution < 1.29 is 19.2 Å². The zero-order valence-electron chi connectivity index (χ0n) is 15.8. The van der Waals surface area contributed by atoms with Crippen molar-refractivity contribution >= 4 is 23.6 Å². The van der Waals surface area contributed by atoms with Crippen LogP contribution in [-0.4, -0.2) is 35.4 Å². The van der Waals surface area contributed by atoms with Crippen LogP contribution in [0.3, 0.4) is 0 Å². The summed E-state index contributed by atoms with van der Waals surface area (Å²) in [4.78, 5) is 36.1. The van der Waals surface area contributed by atoms with Crippen molar-refractivity contribution in [1.29, 1.82) is 0 Å². The summed E-state index contributed by atoms with van der Waals surface area (Å²) >= 11 is 0. The largest absolute Gasteiger partial charge is 0.469 e. The van der Waals surface area contributed by atoms with Gasteiger partial charge in [-0.25, -0.2) is 0 Å². The second kappa shape index (κ2) is 10.0. The summed E-state index contributed by atoms with van der Waals surface area (Å²) in [6.07, 6.45) is 3.08. The summed E-state index contributed by atoms with van der Waals surface area (Å²) in [7, 11) is 1.31. The summed E-state index contributed by atoms with van der Waals surface area (Å²) in [5, 5.41) is 10.7. The number of esters is 1. The number of carbonyl (C=O) groups excluding carboxylic acids is 2. The van der Waals surface area contributed by atoms with E-state index < -0.39 is 10.9 Å². The Labute approximate surface area is 163 Å². The SMILES string of the molecule is COC(=O)CCN(C(=O)/C=C/c1ccc([N+](=O)[O-])cc1)C(C)c1ccccc1. The molecule has 7 heteroatoms. The van der Waals surface area contributed by atoms with E-state index in [1.165, 1.54) is 25.3 Å². The molecule has 0 aliphatic carbocycles. The Kier molecular flexibility index (Phi) is 7.45. The zero-order valence-corrected chi connectivity index (χ0v) is 15.8. The first-order valence-corrected chi connectivity index (χ1v) is 8.77. The topological polar surface area (TPSA) is 89.8 Å². The molecule has 0 radical (unpaired) electrons. The number of hydrogen-bond acceptors (Lipinski definition) is 5. The standard InChI is InChI=1S/C21H22N2O5/c1-16(18-6-4-3-5-7-18)22(15-14-21(25)28-2)20(24)13-10-17-8-11-19(12-9-17)23(26)27/h3-13,16H,14-15H2,1-2H3/b13-10+. The summed E-state index contributed by atoms with van der Waals surface area (Å²) < 4.78 is 4.68. The third kappa shape index (κ3) is 5.77. The van der Waals surface area contributed by atoms with Crippen molar-refractivity contribution in [3.05, 3.63) is 81.9 Å². The Bertz CT molecular complexity index is 847. The van der Waals surface area contributed by atoms with Crippen molar-refractivity contribution in [2.75, 3.05) is 13.7 Å². The highest BCUT2D eigenvalue weighted by Crippen LogP contribution is 2.21. The molecular formula is C21H22N2O5. The number of nitrogens with zero attached hydrogens (tertiary/aromatic N) is 2. The summed E-state index contributed by atoms with van der Waals surface area (Å²) in [6, 6.07) is 15.2. The number of rotatable bonds is 8. The lowest BCUT2D eigenvalue weighted by atomic mass is 10.1. The normalized spacial score (nSPS) is 11.8. The predicted molar refractivity (Wildman–Crippen MR) is 105 cm³/mol. The van der Waals surface area contributed by atoms with E-state index >= 15 is 0 Å². The third-order valence-electron chi connectivity index (χ3n) is 4.34. The first-order chi connectivity index (χ1) is 13.4. The number of amides is 1. The Hall–Kier alpha value is -3.48. The van der Waals surface area contributed by atoms with Crippen LogP contribution in [0.25, 0.3) is 6.08 Å². The van der Waals surface area contributed by atoms with Crippen LogP contribution in [0, 0.1) is 10.1 Å². The van der Waals surface area contributed by atoms with E-state index in [0.29, 0.717) is 5.56 Å². The summed E-state index contributed by atoms with van der Waals surface area (Å²) in [5.41, 5.74) is 1.60. The number of carbonyl (C=O) groups is 2. The van der Waals surface area contributed by atoms with Crippen molar-refractivity contribution in [3.8, 4) is 0 Å². The van der Waals surface area contributed by atoms with Gasteiger partial charge in [-0.15, -0.1) is 0 Å².